The number of β-amino-alcohol motifs (C(OH)–C–C–N with tert-alkyl or cyclic N) is 1. The van der Waals surface area contributed by atoms with Crippen molar-refractivity contribution >= 4 is 16.9 Å². The van der Waals surface area contributed by atoms with Crippen molar-refractivity contribution in [2.45, 2.75) is 13.0 Å². The van der Waals surface area contributed by atoms with E-state index in [9.17, 15) is 9.90 Å². The van der Waals surface area contributed by atoms with Gasteiger partial charge in [0.25, 0.3) is 5.91 Å². The van der Waals surface area contributed by atoms with E-state index in [1.54, 1.807) is 9.58 Å². The van der Waals surface area contributed by atoms with Crippen LogP contribution in [0.25, 0.3) is 22.3 Å². The van der Waals surface area contributed by atoms with Gasteiger partial charge in [0.15, 0.2) is 5.65 Å². The van der Waals surface area contributed by atoms with Crippen LogP contribution in [0.3, 0.4) is 0 Å². The molecule has 4 rings (SSSR count). The fourth-order valence-electron chi connectivity index (χ4n) is 3.16. The van der Waals surface area contributed by atoms with E-state index < -0.39 is 6.10 Å². The topological polar surface area (TPSA) is 71.2 Å². The lowest BCUT2D eigenvalue weighted by Crippen LogP contribution is -2.53. The van der Waals surface area contributed by atoms with Crippen LogP contribution in [0.15, 0.2) is 36.4 Å². The molecule has 1 saturated heterocycles. The van der Waals surface area contributed by atoms with Crippen LogP contribution in [0.2, 0.25) is 0 Å². The van der Waals surface area contributed by atoms with Crippen LogP contribution in [0.4, 0.5) is 0 Å². The lowest BCUT2D eigenvalue weighted by molar-refractivity contribution is 0.00602. The largest absolute Gasteiger partial charge is 0.389 e. The molecule has 1 aromatic carbocycles. The van der Waals surface area contributed by atoms with Crippen molar-refractivity contribution in [3.8, 4) is 11.3 Å². The Kier molecular flexibility index (Phi) is 3.35. The number of aliphatic hydroxyl groups is 1. The van der Waals surface area contributed by atoms with Gasteiger partial charge in [-0.05, 0) is 13.0 Å². The standard InChI is InChI=1S/C18H18N4O2/c1-11-16-14(18(24)22-9-13(23)10-22)8-15(12-6-4-3-5-7-12)19-17(16)21(2)20-11/h3-8,13,23H,9-10H2,1-2H3. The van der Waals surface area contributed by atoms with Gasteiger partial charge in [-0.3, -0.25) is 9.48 Å². The molecule has 3 aromatic rings. The van der Waals surface area contributed by atoms with Crippen molar-refractivity contribution < 1.29 is 9.90 Å². The first-order valence-electron chi connectivity index (χ1n) is 7.91. The van der Waals surface area contributed by atoms with Crippen molar-refractivity contribution in [1.29, 1.82) is 0 Å². The Balaban J connectivity index is 1.91. The fraction of sp³-hybridized carbons (Fsp3) is 0.278. The molecule has 1 aliphatic rings. The van der Waals surface area contributed by atoms with E-state index in [4.69, 9.17) is 4.98 Å². The number of nitrogens with zero attached hydrogens (tertiary/aromatic N) is 4. The number of hydrogen-bond donors (Lipinski definition) is 1. The number of carbonyl (C=O) groups excluding carboxylic acids is 1. The van der Waals surface area contributed by atoms with Gasteiger partial charge in [-0.15, -0.1) is 0 Å². The number of aliphatic hydroxyl groups excluding tert-OH is 1. The van der Waals surface area contributed by atoms with Crippen LogP contribution < -0.4 is 0 Å². The first kappa shape index (κ1) is 14.8. The average Bonchev–Trinajstić information content (AvgIpc) is 2.86. The Morgan fingerprint density at radius 1 is 1.25 bits per heavy atom. The smallest absolute Gasteiger partial charge is 0.254 e. The molecule has 0 aliphatic carbocycles. The van der Waals surface area contributed by atoms with E-state index in [2.05, 4.69) is 5.10 Å². The summed E-state index contributed by atoms with van der Waals surface area (Å²) in [5.74, 6) is -0.0824. The highest BCUT2D eigenvalue weighted by Crippen LogP contribution is 2.28. The van der Waals surface area contributed by atoms with Crippen LogP contribution in [-0.4, -0.2) is 49.9 Å². The molecule has 1 amide bonds. The lowest BCUT2D eigenvalue weighted by atomic mass is 10.0. The number of carbonyl (C=O) groups is 1. The van der Waals surface area contributed by atoms with Gasteiger partial charge in [0.05, 0.1) is 28.4 Å². The highest BCUT2D eigenvalue weighted by molar-refractivity contribution is 6.07. The van der Waals surface area contributed by atoms with E-state index in [1.807, 2.05) is 50.4 Å². The van der Waals surface area contributed by atoms with Crippen LogP contribution in [0.1, 0.15) is 16.1 Å². The van der Waals surface area contributed by atoms with Gasteiger partial charge in [0.1, 0.15) is 0 Å². The summed E-state index contributed by atoms with van der Waals surface area (Å²) in [4.78, 5) is 19.2. The maximum Gasteiger partial charge on any atom is 0.254 e. The Morgan fingerprint density at radius 2 is 1.96 bits per heavy atom. The van der Waals surface area contributed by atoms with Crippen molar-refractivity contribution in [1.82, 2.24) is 19.7 Å². The van der Waals surface area contributed by atoms with Crippen molar-refractivity contribution in [2.24, 2.45) is 7.05 Å². The van der Waals surface area contributed by atoms with Crippen LogP contribution in [0.5, 0.6) is 0 Å². The molecule has 0 spiro atoms. The SMILES string of the molecule is Cc1nn(C)c2nc(-c3ccccc3)cc(C(=O)N3CC(O)C3)c12. The summed E-state index contributed by atoms with van der Waals surface area (Å²) in [6.45, 7) is 2.64. The highest BCUT2D eigenvalue weighted by atomic mass is 16.3. The normalized spacial score (nSPS) is 14.9. The number of pyridine rings is 1. The first-order valence-corrected chi connectivity index (χ1v) is 7.91. The van der Waals surface area contributed by atoms with E-state index in [-0.39, 0.29) is 5.91 Å². The second kappa shape index (κ2) is 5.42. The van der Waals surface area contributed by atoms with Gasteiger partial charge in [-0.1, -0.05) is 30.3 Å². The zero-order valence-electron chi connectivity index (χ0n) is 13.6. The zero-order chi connectivity index (χ0) is 16.8. The number of hydrogen-bond acceptors (Lipinski definition) is 4. The second-order valence-corrected chi connectivity index (χ2v) is 6.19. The molecule has 3 heterocycles. The lowest BCUT2D eigenvalue weighted by Gasteiger charge is -2.36. The summed E-state index contributed by atoms with van der Waals surface area (Å²) < 4.78 is 1.71. The molecule has 1 N–H and O–H groups in total. The van der Waals surface area contributed by atoms with Crippen molar-refractivity contribution in [2.75, 3.05) is 13.1 Å². The Labute approximate surface area is 139 Å². The second-order valence-electron chi connectivity index (χ2n) is 6.19. The van der Waals surface area contributed by atoms with Crippen molar-refractivity contribution in [3.63, 3.8) is 0 Å². The molecule has 0 saturated carbocycles. The average molecular weight is 322 g/mol. The minimum Gasteiger partial charge on any atom is -0.389 e. The number of benzene rings is 1. The van der Waals surface area contributed by atoms with Crippen molar-refractivity contribution in [3.05, 3.63) is 47.7 Å². The van der Waals surface area contributed by atoms with Gasteiger partial charge >= 0.3 is 0 Å². The van der Waals surface area contributed by atoms with Gasteiger partial charge in [0, 0.05) is 25.7 Å². The summed E-state index contributed by atoms with van der Waals surface area (Å²) in [6, 6.07) is 11.6. The summed E-state index contributed by atoms with van der Waals surface area (Å²) in [6.07, 6.45) is -0.421. The Hall–Kier alpha value is -2.73. The molecule has 0 bridgehead atoms. The summed E-state index contributed by atoms with van der Waals surface area (Å²) in [7, 11) is 1.83. The van der Waals surface area contributed by atoms with Gasteiger partial charge in [0.2, 0.25) is 0 Å². The number of rotatable bonds is 2. The predicted molar refractivity (Wildman–Crippen MR) is 90.6 cm³/mol. The molecular formula is C18H18N4O2. The minimum absolute atomic E-state index is 0.0824. The number of fused-ring (bicyclic) bond motifs is 1. The zero-order valence-corrected chi connectivity index (χ0v) is 13.6. The van der Waals surface area contributed by atoms with Gasteiger partial charge in [-0.2, -0.15) is 5.10 Å². The quantitative estimate of drug-likeness (QED) is 0.780. The number of amides is 1. The summed E-state index contributed by atoms with van der Waals surface area (Å²) in [5, 5.41) is 14.7. The maximum atomic E-state index is 12.9. The van der Waals surface area contributed by atoms with Gasteiger partial charge in [-0.25, -0.2) is 4.98 Å². The molecule has 6 nitrogen and oxygen atoms in total. The molecule has 0 atom stereocenters. The number of aryl methyl sites for hydroxylation is 2. The van der Waals surface area contributed by atoms with Crippen LogP contribution >= 0.6 is 0 Å². The molecule has 2 aromatic heterocycles. The molecular weight excluding hydrogens is 304 g/mol. The molecule has 0 unspecified atom stereocenters. The van der Waals surface area contributed by atoms with E-state index >= 15 is 0 Å². The highest BCUT2D eigenvalue weighted by Gasteiger charge is 2.31. The van der Waals surface area contributed by atoms with E-state index in [1.165, 1.54) is 0 Å². The number of aromatic nitrogens is 3. The first-order chi connectivity index (χ1) is 11.5. The third-order valence-corrected chi connectivity index (χ3v) is 4.42. The third-order valence-electron chi connectivity index (χ3n) is 4.42. The molecule has 6 heteroatoms. The summed E-state index contributed by atoms with van der Waals surface area (Å²) >= 11 is 0. The van der Waals surface area contributed by atoms with Crippen LogP contribution in [-0.2, 0) is 7.05 Å². The predicted octanol–water partition coefficient (Wildman–Crippen LogP) is 1.76. The number of likely N-dealkylation sites (tertiary alicyclic amines) is 1. The summed E-state index contributed by atoms with van der Waals surface area (Å²) in [5.41, 5.74) is 3.77. The third kappa shape index (κ3) is 2.27. The molecule has 122 valence electrons. The monoisotopic (exact) mass is 322 g/mol. The maximum absolute atomic E-state index is 12.9. The van der Waals surface area contributed by atoms with E-state index in [0.717, 1.165) is 22.3 Å². The molecule has 24 heavy (non-hydrogen) atoms. The Bertz CT molecular complexity index is 927. The van der Waals surface area contributed by atoms with E-state index in [0.29, 0.717) is 24.3 Å². The molecule has 1 fully saturated rings. The minimum atomic E-state index is -0.421. The molecule has 1 aliphatic heterocycles. The molecule has 0 radical (unpaired) electrons. The fourth-order valence-corrected chi connectivity index (χ4v) is 3.16. The van der Waals surface area contributed by atoms with Gasteiger partial charge < -0.3 is 10.0 Å². The van der Waals surface area contributed by atoms with Crippen LogP contribution in [0, 0.1) is 6.92 Å². The Morgan fingerprint density at radius 3 is 2.62 bits per heavy atom.